The van der Waals surface area contributed by atoms with Crippen LogP contribution in [0.3, 0.4) is 0 Å². The Kier molecular flexibility index (Phi) is 2.31. The van der Waals surface area contributed by atoms with Gasteiger partial charge in [0.05, 0.1) is 0 Å². The van der Waals surface area contributed by atoms with E-state index in [4.69, 9.17) is 9.47 Å². The lowest BCUT2D eigenvalue weighted by Crippen LogP contribution is -2.43. The molecule has 1 heterocycles. The highest BCUT2D eigenvalue weighted by molar-refractivity contribution is 9.11. The number of halogens is 1. The van der Waals surface area contributed by atoms with Gasteiger partial charge in [0, 0.05) is 4.48 Å². The molecule has 3 nitrogen and oxygen atoms in total. The summed E-state index contributed by atoms with van der Waals surface area (Å²) in [6.07, 6.45) is 2.09. The molecule has 1 saturated heterocycles. The first-order valence-corrected chi connectivity index (χ1v) is 5.64. The Balaban J connectivity index is 2.29. The number of hydrogen-bond donors (Lipinski definition) is 1. The maximum Gasteiger partial charge on any atom is 0.164 e. The SMILES string of the molecule is CC[C@@]1(O)C(Br)=C[C@H]2OC(C)(C)O[C@H]21. The zero-order chi connectivity index (χ0) is 10.6. The van der Waals surface area contributed by atoms with E-state index < -0.39 is 11.4 Å². The van der Waals surface area contributed by atoms with E-state index in [9.17, 15) is 5.11 Å². The van der Waals surface area contributed by atoms with Crippen LogP contribution >= 0.6 is 15.9 Å². The van der Waals surface area contributed by atoms with Crippen LogP contribution in [0.5, 0.6) is 0 Å². The average molecular weight is 263 g/mol. The summed E-state index contributed by atoms with van der Waals surface area (Å²) >= 11 is 3.37. The molecular formula is C10H15BrO3. The third kappa shape index (κ3) is 1.36. The molecular weight excluding hydrogens is 248 g/mol. The maximum atomic E-state index is 10.4. The number of fused-ring (bicyclic) bond motifs is 1. The first-order chi connectivity index (χ1) is 6.39. The van der Waals surface area contributed by atoms with E-state index in [2.05, 4.69) is 15.9 Å². The summed E-state index contributed by atoms with van der Waals surface area (Å²) in [4.78, 5) is 0. The fourth-order valence-corrected chi connectivity index (χ4v) is 2.84. The Morgan fingerprint density at radius 1 is 1.50 bits per heavy atom. The molecule has 1 fully saturated rings. The van der Waals surface area contributed by atoms with Crippen molar-refractivity contribution in [2.75, 3.05) is 0 Å². The van der Waals surface area contributed by atoms with Crippen LogP contribution in [-0.2, 0) is 9.47 Å². The topological polar surface area (TPSA) is 38.7 Å². The fraction of sp³-hybridized carbons (Fsp3) is 0.800. The monoisotopic (exact) mass is 262 g/mol. The van der Waals surface area contributed by atoms with Crippen molar-refractivity contribution in [1.82, 2.24) is 0 Å². The molecule has 0 bridgehead atoms. The summed E-state index contributed by atoms with van der Waals surface area (Å²) in [6, 6.07) is 0. The zero-order valence-corrected chi connectivity index (χ0v) is 10.2. The molecule has 0 radical (unpaired) electrons. The predicted octanol–water partition coefficient (Wildman–Crippen LogP) is 1.94. The molecule has 4 heteroatoms. The van der Waals surface area contributed by atoms with Crippen molar-refractivity contribution in [3.8, 4) is 0 Å². The van der Waals surface area contributed by atoms with Gasteiger partial charge in [-0.2, -0.15) is 0 Å². The van der Waals surface area contributed by atoms with Gasteiger partial charge in [-0.25, -0.2) is 0 Å². The van der Waals surface area contributed by atoms with Crippen LogP contribution in [0.1, 0.15) is 27.2 Å². The van der Waals surface area contributed by atoms with E-state index in [1.807, 2.05) is 26.8 Å². The molecule has 3 atom stereocenters. The summed E-state index contributed by atoms with van der Waals surface area (Å²) < 4.78 is 12.1. The molecule has 1 N–H and O–H groups in total. The summed E-state index contributed by atoms with van der Waals surface area (Å²) in [5.41, 5.74) is -0.918. The Morgan fingerprint density at radius 3 is 2.71 bits per heavy atom. The summed E-state index contributed by atoms with van der Waals surface area (Å²) in [6.45, 7) is 5.67. The molecule has 1 aliphatic carbocycles. The van der Waals surface area contributed by atoms with Crippen LogP contribution in [0.25, 0.3) is 0 Å². The Hall–Kier alpha value is 0.1000. The smallest absolute Gasteiger partial charge is 0.164 e. The van der Waals surface area contributed by atoms with E-state index >= 15 is 0 Å². The predicted molar refractivity (Wildman–Crippen MR) is 56.1 cm³/mol. The molecule has 14 heavy (non-hydrogen) atoms. The third-order valence-corrected chi connectivity index (χ3v) is 3.81. The van der Waals surface area contributed by atoms with Crippen molar-refractivity contribution >= 4 is 15.9 Å². The lowest BCUT2D eigenvalue weighted by Gasteiger charge is -2.29. The van der Waals surface area contributed by atoms with Crippen molar-refractivity contribution in [3.63, 3.8) is 0 Å². The van der Waals surface area contributed by atoms with E-state index in [-0.39, 0.29) is 12.2 Å². The molecule has 2 aliphatic rings. The van der Waals surface area contributed by atoms with Crippen LogP contribution in [0.4, 0.5) is 0 Å². The van der Waals surface area contributed by atoms with Gasteiger partial charge in [-0.05, 0) is 26.3 Å². The number of hydrogen-bond acceptors (Lipinski definition) is 3. The van der Waals surface area contributed by atoms with Gasteiger partial charge < -0.3 is 14.6 Å². The fourth-order valence-electron chi connectivity index (χ4n) is 2.08. The van der Waals surface area contributed by atoms with Gasteiger partial charge in [0.1, 0.15) is 17.8 Å². The highest BCUT2D eigenvalue weighted by Crippen LogP contribution is 2.46. The van der Waals surface area contributed by atoms with E-state index in [0.29, 0.717) is 6.42 Å². The van der Waals surface area contributed by atoms with E-state index in [1.54, 1.807) is 0 Å². The normalized spacial score (nSPS) is 45.1. The van der Waals surface area contributed by atoms with Crippen LogP contribution in [0.15, 0.2) is 10.6 Å². The first kappa shape index (κ1) is 10.6. The third-order valence-electron chi connectivity index (χ3n) is 2.86. The van der Waals surface area contributed by atoms with Gasteiger partial charge in [-0.3, -0.25) is 0 Å². The minimum atomic E-state index is -0.918. The second-order valence-electron chi connectivity index (χ2n) is 4.31. The van der Waals surface area contributed by atoms with Crippen LogP contribution in [0, 0.1) is 0 Å². The Bertz CT molecular complexity index is 287. The largest absolute Gasteiger partial charge is 0.382 e. The van der Waals surface area contributed by atoms with Crippen molar-refractivity contribution in [1.29, 1.82) is 0 Å². The van der Waals surface area contributed by atoms with Crippen LogP contribution in [-0.4, -0.2) is 28.7 Å². The van der Waals surface area contributed by atoms with Gasteiger partial charge in [0.15, 0.2) is 5.79 Å². The highest BCUT2D eigenvalue weighted by atomic mass is 79.9. The Labute approximate surface area is 92.2 Å². The lowest BCUT2D eigenvalue weighted by molar-refractivity contribution is -0.165. The molecule has 0 aromatic heterocycles. The molecule has 0 aromatic rings. The summed E-state index contributed by atoms with van der Waals surface area (Å²) in [7, 11) is 0. The minimum Gasteiger partial charge on any atom is -0.382 e. The van der Waals surface area contributed by atoms with E-state index in [1.165, 1.54) is 0 Å². The first-order valence-electron chi connectivity index (χ1n) is 4.85. The van der Waals surface area contributed by atoms with Crippen molar-refractivity contribution in [2.45, 2.75) is 50.8 Å². The molecule has 0 aromatic carbocycles. The van der Waals surface area contributed by atoms with Gasteiger partial charge in [0.2, 0.25) is 0 Å². The zero-order valence-electron chi connectivity index (χ0n) is 8.58. The summed E-state index contributed by atoms with van der Waals surface area (Å²) in [5.74, 6) is -0.595. The van der Waals surface area contributed by atoms with Crippen molar-refractivity contribution in [3.05, 3.63) is 10.6 Å². The number of aliphatic hydroxyl groups is 1. The minimum absolute atomic E-state index is 0.135. The molecule has 1 aliphatic heterocycles. The van der Waals surface area contributed by atoms with Gasteiger partial charge in [-0.15, -0.1) is 0 Å². The Morgan fingerprint density at radius 2 is 2.14 bits per heavy atom. The van der Waals surface area contributed by atoms with E-state index in [0.717, 1.165) is 4.48 Å². The molecule has 0 saturated carbocycles. The second-order valence-corrected chi connectivity index (χ2v) is 5.17. The van der Waals surface area contributed by atoms with Gasteiger partial charge in [-0.1, -0.05) is 22.9 Å². The molecule has 2 rings (SSSR count). The molecule has 0 spiro atoms. The molecule has 0 unspecified atom stereocenters. The van der Waals surface area contributed by atoms with Crippen molar-refractivity contribution in [2.24, 2.45) is 0 Å². The highest BCUT2D eigenvalue weighted by Gasteiger charge is 2.56. The van der Waals surface area contributed by atoms with Crippen molar-refractivity contribution < 1.29 is 14.6 Å². The quantitative estimate of drug-likeness (QED) is 0.785. The summed E-state index contributed by atoms with van der Waals surface area (Å²) in [5, 5.41) is 10.4. The lowest BCUT2D eigenvalue weighted by atomic mass is 9.97. The standard InChI is InChI=1S/C10H15BrO3/c1-4-10(12)7(11)5-6-8(10)14-9(2,3)13-6/h5-6,8,12H,4H2,1-3H3/t6-,8-,10-/m1/s1. The van der Waals surface area contributed by atoms with Gasteiger partial charge >= 0.3 is 0 Å². The van der Waals surface area contributed by atoms with Gasteiger partial charge in [0.25, 0.3) is 0 Å². The number of rotatable bonds is 1. The molecule has 0 amide bonds. The second kappa shape index (κ2) is 3.04. The average Bonchev–Trinajstić information content (AvgIpc) is 2.48. The molecule has 80 valence electrons. The van der Waals surface area contributed by atoms with Crippen LogP contribution < -0.4 is 0 Å². The van der Waals surface area contributed by atoms with Crippen LogP contribution in [0.2, 0.25) is 0 Å². The number of ether oxygens (including phenoxy) is 2. The maximum absolute atomic E-state index is 10.4.